The van der Waals surface area contributed by atoms with Gasteiger partial charge in [0.05, 0.1) is 6.61 Å². The summed E-state index contributed by atoms with van der Waals surface area (Å²) >= 11 is 0. The Morgan fingerprint density at radius 3 is 2.36 bits per heavy atom. The molecule has 0 aliphatic rings. The van der Waals surface area contributed by atoms with E-state index in [0.717, 1.165) is 5.57 Å². The van der Waals surface area contributed by atoms with E-state index in [2.05, 4.69) is 0 Å². The van der Waals surface area contributed by atoms with Crippen LogP contribution in [0.15, 0.2) is 11.1 Å². The molecule has 3 heteroatoms. The van der Waals surface area contributed by atoms with Crippen molar-refractivity contribution in [1.82, 2.24) is 0 Å². The van der Waals surface area contributed by atoms with Crippen LogP contribution >= 0.6 is 0 Å². The quantitative estimate of drug-likeness (QED) is 0.630. The average Bonchev–Trinajstić information content (AvgIpc) is 1.98. The normalized spacial score (nSPS) is 12.6. The summed E-state index contributed by atoms with van der Waals surface area (Å²) < 4.78 is 5.05. The van der Waals surface area contributed by atoms with E-state index in [1.165, 1.54) is 0 Å². The molecule has 0 bridgehead atoms. The van der Waals surface area contributed by atoms with Crippen molar-refractivity contribution >= 4 is 5.97 Å². The molecule has 1 N–H and O–H groups in total. The molecule has 11 heavy (non-hydrogen) atoms. The highest BCUT2D eigenvalue weighted by Gasteiger charge is 2.03. The summed E-state index contributed by atoms with van der Waals surface area (Å²) in [5.41, 5.74) is 1.15. The zero-order valence-electron chi connectivity index (χ0n) is 7.18. The average molecular weight is 158 g/mol. The van der Waals surface area contributed by atoms with Crippen LogP contribution in [-0.4, -0.2) is 24.3 Å². The second kappa shape index (κ2) is 4.91. The molecule has 0 aliphatic heterocycles. The molecule has 0 saturated heterocycles. The van der Waals surface area contributed by atoms with Gasteiger partial charge in [-0.05, 0) is 26.3 Å². The predicted molar refractivity (Wildman–Crippen MR) is 42.5 cm³/mol. The first kappa shape index (κ1) is 10.2. The van der Waals surface area contributed by atoms with Gasteiger partial charge in [0.2, 0.25) is 0 Å². The molecule has 0 fully saturated rings. The summed E-state index contributed by atoms with van der Waals surface area (Å²) in [6.07, 6.45) is 0. The van der Waals surface area contributed by atoms with Gasteiger partial charge in [-0.25, -0.2) is 4.79 Å². The number of aliphatic carboxylic acids is 1. The fourth-order valence-corrected chi connectivity index (χ4v) is 0.546. The van der Waals surface area contributed by atoms with E-state index < -0.39 is 5.97 Å². The van der Waals surface area contributed by atoms with Crippen molar-refractivity contribution in [3.05, 3.63) is 11.1 Å². The number of ether oxygens (including phenoxy) is 1. The van der Waals surface area contributed by atoms with Crippen molar-refractivity contribution in [2.45, 2.75) is 20.8 Å². The third-order valence-electron chi connectivity index (χ3n) is 1.48. The Kier molecular flexibility index (Phi) is 4.54. The first-order valence-electron chi connectivity index (χ1n) is 3.57. The molecule has 3 nitrogen and oxygen atoms in total. The van der Waals surface area contributed by atoms with Crippen LogP contribution in [0.5, 0.6) is 0 Å². The lowest BCUT2D eigenvalue weighted by atomic mass is 10.2. The number of hydrogen-bond donors (Lipinski definition) is 1. The number of carboxylic acid groups (broad SMARTS) is 1. The Morgan fingerprint density at radius 1 is 1.45 bits per heavy atom. The van der Waals surface area contributed by atoms with E-state index >= 15 is 0 Å². The van der Waals surface area contributed by atoms with Crippen LogP contribution in [0.4, 0.5) is 0 Å². The van der Waals surface area contributed by atoms with E-state index in [1.807, 2.05) is 6.92 Å². The zero-order chi connectivity index (χ0) is 8.85. The standard InChI is InChI=1S/C8H14O3/c1-4-11-5-6(2)7(3)8(9)10/h4-5H2,1-3H3,(H,9,10). The lowest BCUT2D eigenvalue weighted by Crippen LogP contribution is -2.04. The molecular weight excluding hydrogens is 144 g/mol. The molecule has 0 unspecified atom stereocenters. The van der Waals surface area contributed by atoms with E-state index in [1.54, 1.807) is 13.8 Å². The van der Waals surface area contributed by atoms with E-state index in [-0.39, 0.29) is 0 Å². The molecular formula is C8H14O3. The highest BCUT2D eigenvalue weighted by molar-refractivity contribution is 5.86. The third-order valence-corrected chi connectivity index (χ3v) is 1.48. The van der Waals surface area contributed by atoms with Crippen LogP contribution < -0.4 is 0 Å². The van der Waals surface area contributed by atoms with Crippen molar-refractivity contribution in [3.63, 3.8) is 0 Å². The molecule has 0 saturated carbocycles. The van der Waals surface area contributed by atoms with E-state index in [4.69, 9.17) is 9.84 Å². The van der Waals surface area contributed by atoms with Gasteiger partial charge in [-0.15, -0.1) is 0 Å². The minimum Gasteiger partial charge on any atom is -0.478 e. The van der Waals surface area contributed by atoms with Crippen molar-refractivity contribution in [3.8, 4) is 0 Å². The lowest BCUT2D eigenvalue weighted by Gasteiger charge is -2.03. The Hall–Kier alpha value is -0.830. The molecule has 0 aromatic heterocycles. The third kappa shape index (κ3) is 3.78. The van der Waals surface area contributed by atoms with Crippen LogP contribution in [0.25, 0.3) is 0 Å². The van der Waals surface area contributed by atoms with E-state index in [9.17, 15) is 4.79 Å². The Balaban J connectivity index is 4.05. The highest BCUT2D eigenvalue weighted by atomic mass is 16.5. The topological polar surface area (TPSA) is 46.5 Å². The molecule has 0 aliphatic carbocycles. The summed E-state index contributed by atoms with van der Waals surface area (Å²) in [6, 6.07) is 0. The number of carbonyl (C=O) groups is 1. The number of carboxylic acids is 1. The van der Waals surface area contributed by atoms with Crippen LogP contribution in [-0.2, 0) is 9.53 Å². The van der Waals surface area contributed by atoms with Crippen LogP contribution in [0.3, 0.4) is 0 Å². The molecule has 0 amide bonds. The second-order valence-corrected chi connectivity index (χ2v) is 2.35. The molecule has 0 rings (SSSR count). The Bertz CT molecular complexity index is 170. The van der Waals surface area contributed by atoms with Crippen LogP contribution in [0.1, 0.15) is 20.8 Å². The van der Waals surface area contributed by atoms with Crippen molar-refractivity contribution < 1.29 is 14.6 Å². The summed E-state index contributed by atoms with van der Waals surface area (Å²) in [4.78, 5) is 10.4. The predicted octanol–water partition coefficient (Wildman–Crippen LogP) is 1.44. The van der Waals surface area contributed by atoms with Crippen LogP contribution in [0.2, 0.25) is 0 Å². The van der Waals surface area contributed by atoms with Gasteiger partial charge in [-0.1, -0.05) is 0 Å². The van der Waals surface area contributed by atoms with E-state index in [0.29, 0.717) is 18.8 Å². The molecule has 0 atom stereocenters. The van der Waals surface area contributed by atoms with Gasteiger partial charge >= 0.3 is 5.97 Å². The van der Waals surface area contributed by atoms with Gasteiger partial charge in [-0.2, -0.15) is 0 Å². The van der Waals surface area contributed by atoms with Crippen molar-refractivity contribution in [1.29, 1.82) is 0 Å². The summed E-state index contributed by atoms with van der Waals surface area (Å²) in [5, 5.41) is 8.54. The molecule has 0 heterocycles. The zero-order valence-corrected chi connectivity index (χ0v) is 7.18. The fourth-order valence-electron chi connectivity index (χ4n) is 0.546. The smallest absolute Gasteiger partial charge is 0.331 e. The maximum absolute atomic E-state index is 10.4. The number of hydrogen-bond acceptors (Lipinski definition) is 2. The van der Waals surface area contributed by atoms with Gasteiger partial charge in [-0.3, -0.25) is 0 Å². The first-order valence-corrected chi connectivity index (χ1v) is 3.57. The van der Waals surface area contributed by atoms with Crippen molar-refractivity contribution in [2.75, 3.05) is 13.2 Å². The Labute approximate surface area is 66.7 Å². The van der Waals surface area contributed by atoms with Gasteiger partial charge in [0.25, 0.3) is 0 Å². The van der Waals surface area contributed by atoms with Crippen molar-refractivity contribution in [2.24, 2.45) is 0 Å². The molecule has 0 radical (unpaired) electrons. The minimum atomic E-state index is -0.873. The summed E-state index contributed by atoms with van der Waals surface area (Å²) in [6.45, 7) is 6.25. The maximum atomic E-state index is 10.4. The SMILES string of the molecule is CCOCC(C)=C(C)C(=O)O. The summed E-state index contributed by atoms with van der Waals surface area (Å²) in [7, 11) is 0. The second-order valence-electron chi connectivity index (χ2n) is 2.35. The van der Waals surface area contributed by atoms with Gasteiger partial charge < -0.3 is 9.84 Å². The fraction of sp³-hybridized carbons (Fsp3) is 0.625. The molecule has 0 aromatic rings. The number of rotatable bonds is 4. The van der Waals surface area contributed by atoms with Gasteiger partial charge in [0, 0.05) is 12.2 Å². The maximum Gasteiger partial charge on any atom is 0.331 e. The lowest BCUT2D eigenvalue weighted by molar-refractivity contribution is -0.132. The van der Waals surface area contributed by atoms with Gasteiger partial charge in [0.1, 0.15) is 0 Å². The highest BCUT2D eigenvalue weighted by Crippen LogP contribution is 2.03. The monoisotopic (exact) mass is 158 g/mol. The Morgan fingerprint density at radius 2 is 2.00 bits per heavy atom. The summed E-state index contributed by atoms with van der Waals surface area (Å²) in [5.74, 6) is -0.873. The minimum absolute atomic E-state index is 0.374. The first-order chi connectivity index (χ1) is 5.09. The molecule has 64 valence electrons. The molecule has 0 spiro atoms. The van der Waals surface area contributed by atoms with Crippen LogP contribution in [0, 0.1) is 0 Å². The molecule has 0 aromatic carbocycles. The van der Waals surface area contributed by atoms with Gasteiger partial charge in [0.15, 0.2) is 0 Å². The largest absolute Gasteiger partial charge is 0.478 e.